The van der Waals surface area contributed by atoms with Gasteiger partial charge in [0.2, 0.25) is 5.91 Å². The highest BCUT2D eigenvalue weighted by atomic mass is 16.3. The van der Waals surface area contributed by atoms with Crippen LogP contribution in [0.2, 0.25) is 0 Å². The Hall–Kier alpha value is -2.33. The lowest BCUT2D eigenvalue weighted by atomic mass is 10.1. The molecule has 2 aromatic carbocycles. The Morgan fingerprint density at radius 1 is 1.12 bits per heavy atom. The second-order valence-corrected chi connectivity index (χ2v) is 6.36. The van der Waals surface area contributed by atoms with Gasteiger partial charge in [-0.25, -0.2) is 0 Å². The van der Waals surface area contributed by atoms with Gasteiger partial charge in [0.05, 0.1) is 0 Å². The Kier molecular flexibility index (Phi) is 5.49. The number of carbonyl (C=O) groups excluding carboxylic acids is 1. The predicted molar refractivity (Wildman–Crippen MR) is 94.7 cm³/mol. The SMILES string of the molecule is O=C(CCc1ccccc1)N1CCC(NCc2cccc(O)c2)C1. The van der Waals surface area contributed by atoms with Gasteiger partial charge in [-0.3, -0.25) is 4.79 Å². The third-order valence-corrected chi connectivity index (χ3v) is 4.52. The Balaban J connectivity index is 1.42. The normalized spacial score (nSPS) is 17.2. The summed E-state index contributed by atoms with van der Waals surface area (Å²) >= 11 is 0. The first kappa shape index (κ1) is 16.5. The topological polar surface area (TPSA) is 52.6 Å². The Labute approximate surface area is 143 Å². The molecular formula is C20H24N2O2. The minimum Gasteiger partial charge on any atom is -0.508 e. The molecule has 2 N–H and O–H groups in total. The zero-order valence-corrected chi connectivity index (χ0v) is 13.8. The van der Waals surface area contributed by atoms with E-state index in [9.17, 15) is 9.90 Å². The summed E-state index contributed by atoms with van der Waals surface area (Å²) in [5, 5.41) is 13.0. The monoisotopic (exact) mass is 324 g/mol. The summed E-state index contributed by atoms with van der Waals surface area (Å²) in [4.78, 5) is 14.3. The maximum absolute atomic E-state index is 12.3. The van der Waals surface area contributed by atoms with E-state index in [0.29, 0.717) is 24.8 Å². The van der Waals surface area contributed by atoms with Crippen LogP contribution in [0.4, 0.5) is 0 Å². The fourth-order valence-corrected chi connectivity index (χ4v) is 3.14. The minimum atomic E-state index is 0.237. The molecule has 1 heterocycles. The lowest BCUT2D eigenvalue weighted by Gasteiger charge is -2.17. The molecular weight excluding hydrogens is 300 g/mol. The molecule has 0 saturated carbocycles. The van der Waals surface area contributed by atoms with Crippen LogP contribution in [0.5, 0.6) is 5.75 Å². The van der Waals surface area contributed by atoms with Crippen molar-refractivity contribution in [1.82, 2.24) is 10.2 Å². The number of hydrogen-bond acceptors (Lipinski definition) is 3. The van der Waals surface area contributed by atoms with Crippen LogP contribution < -0.4 is 5.32 Å². The van der Waals surface area contributed by atoms with Crippen molar-refractivity contribution in [2.24, 2.45) is 0 Å². The molecule has 1 atom stereocenters. The molecule has 0 spiro atoms. The molecule has 4 heteroatoms. The second-order valence-electron chi connectivity index (χ2n) is 6.36. The lowest BCUT2D eigenvalue weighted by molar-refractivity contribution is -0.130. The number of likely N-dealkylation sites (tertiary alicyclic amines) is 1. The van der Waals surface area contributed by atoms with E-state index >= 15 is 0 Å². The van der Waals surface area contributed by atoms with Gasteiger partial charge in [-0.15, -0.1) is 0 Å². The minimum absolute atomic E-state index is 0.237. The third-order valence-electron chi connectivity index (χ3n) is 4.52. The lowest BCUT2D eigenvalue weighted by Crippen LogP contribution is -2.35. The van der Waals surface area contributed by atoms with Gasteiger partial charge in [0.25, 0.3) is 0 Å². The summed E-state index contributed by atoms with van der Waals surface area (Å²) in [6.45, 7) is 2.31. The van der Waals surface area contributed by atoms with Gasteiger partial charge < -0.3 is 15.3 Å². The summed E-state index contributed by atoms with van der Waals surface area (Å²) in [6.07, 6.45) is 2.36. The number of amides is 1. The Morgan fingerprint density at radius 2 is 1.92 bits per heavy atom. The van der Waals surface area contributed by atoms with Crippen LogP contribution in [-0.4, -0.2) is 35.0 Å². The second kappa shape index (κ2) is 7.97. The summed E-state index contributed by atoms with van der Waals surface area (Å²) in [6, 6.07) is 17.8. The van der Waals surface area contributed by atoms with E-state index in [1.54, 1.807) is 12.1 Å². The molecule has 1 amide bonds. The van der Waals surface area contributed by atoms with Crippen molar-refractivity contribution in [1.29, 1.82) is 0 Å². The van der Waals surface area contributed by atoms with Gasteiger partial charge in [0.1, 0.15) is 5.75 Å². The quantitative estimate of drug-likeness (QED) is 0.859. The van der Waals surface area contributed by atoms with E-state index in [1.165, 1.54) is 5.56 Å². The molecule has 2 aromatic rings. The molecule has 4 nitrogen and oxygen atoms in total. The van der Waals surface area contributed by atoms with Gasteiger partial charge in [0.15, 0.2) is 0 Å². The first-order valence-corrected chi connectivity index (χ1v) is 8.54. The number of benzene rings is 2. The first-order valence-electron chi connectivity index (χ1n) is 8.54. The van der Waals surface area contributed by atoms with Crippen molar-refractivity contribution >= 4 is 5.91 Å². The predicted octanol–water partition coefficient (Wildman–Crippen LogP) is 2.72. The molecule has 0 aliphatic carbocycles. The first-order chi connectivity index (χ1) is 11.7. The van der Waals surface area contributed by atoms with Gasteiger partial charge in [-0.1, -0.05) is 42.5 Å². The number of aryl methyl sites for hydroxylation is 1. The van der Waals surface area contributed by atoms with Gasteiger partial charge in [-0.05, 0) is 36.1 Å². The van der Waals surface area contributed by atoms with Crippen LogP contribution in [0.25, 0.3) is 0 Å². The van der Waals surface area contributed by atoms with E-state index < -0.39 is 0 Å². The number of aromatic hydroxyl groups is 1. The van der Waals surface area contributed by atoms with E-state index in [0.717, 1.165) is 31.5 Å². The summed E-state index contributed by atoms with van der Waals surface area (Å²) in [5.41, 5.74) is 2.27. The van der Waals surface area contributed by atoms with E-state index in [2.05, 4.69) is 17.4 Å². The van der Waals surface area contributed by atoms with Crippen molar-refractivity contribution < 1.29 is 9.90 Å². The molecule has 0 bridgehead atoms. The molecule has 1 aliphatic rings. The van der Waals surface area contributed by atoms with E-state index in [4.69, 9.17) is 0 Å². The van der Waals surface area contributed by atoms with Gasteiger partial charge >= 0.3 is 0 Å². The van der Waals surface area contributed by atoms with Crippen molar-refractivity contribution in [3.05, 3.63) is 65.7 Å². The standard InChI is InChI=1S/C20H24N2O2/c23-19-8-4-7-17(13-19)14-21-18-11-12-22(15-18)20(24)10-9-16-5-2-1-3-6-16/h1-8,13,18,21,23H,9-12,14-15H2. The smallest absolute Gasteiger partial charge is 0.222 e. The molecule has 3 rings (SSSR count). The molecule has 1 aliphatic heterocycles. The summed E-state index contributed by atoms with van der Waals surface area (Å²) < 4.78 is 0. The van der Waals surface area contributed by atoms with Gasteiger partial charge in [0, 0.05) is 32.1 Å². The van der Waals surface area contributed by atoms with Crippen molar-refractivity contribution in [2.45, 2.75) is 31.8 Å². The molecule has 1 unspecified atom stereocenters. The number of carbonyl (C=O) groups is 1. The highest BCUT2D eigenvalue weighted by molar-refractivity contribution is 5.76. The van der Waals surface area contributed by atoms with Crippen molar-refractivity contribution in [3.8, 4) is 5.75 Å². The fraction of sp³-hybridized carbons (Fsp3) is 0.350. The fourth-order valence-electron chi connectivity index (χ4n) is 3.14. The van der Waals surface area contributed by atoms with Crippen LogP contribution >= 0.6 is 0 Å². The highest BCUT2D eigenvalue weighted by Crippen LogP contribution is 2.15. The maximum atomic E-state index is 12.3. The summed E-state index contributed by atoms with van der Waals surface area (Å²) in [7, 11) is 0. The third kappa shape index (κ3) is 4.59. The average molecular weight is 324 g/mol. The maximum Gasteiger partial charge on any atom is 0.222 e. The number of phenols is 1. The van der Waals surface area contributed by atoms with Crippen LogP contribution in [0, 0.1) is 0 Å². The van der Waals surface area contributed by atoms with E-state index in [-0.39, 0.29) is 5.91 Å². The molecule has 24 heavy (non-hydrogen) atoms. The van der Waals surface area contributed by atoms with Crippen LogP contribution in [0.15, 0.2) is 54.6 Å². The molecule has 1 saturated heterocycles. The number of rotatable bonds is 6. The Bertz CT molecular complexity index is 672. The van der Waals surface area contributed by atoms with Crippen molar-refractivity contribution in [3.63, 3.8) is 0 Å². The van der Waals surface area contributed by atoms with Crippen LogP contribution in [-0.2, 0) is 17.8 Å². The van der Waals surface area contributed by atoms with Gasteiger partial charge in [-0.2, -0.15) is 0 Å². The molecule has 0 radical (unpaired) electrons. The van der Waals surface area contributed by atoms with E-state index in [1.807, 2.05) is 35.2 Å². The Morgan fingerprint density at radius 3 is 2.71 bits per heavy atom. The van der Waals surface area contributed by atoms with Crippen molar-refractivity contribution in [2.75, 3.05) is 13.1 Å². The number of nitrogens with one attached hydrogen (secondary N) is 1. The number of hydrogen-bond donors (Lipinski definition) is 2. The van der Waals surface area contributed by atoms with Crippen LogP contribution in [0.3, 0.4) is 0 Å². The average Bonchev–Trinajstić information content (AvgIpc) is 3.08. The highest BCUT2D eigenvalue weighted by Gasteiger charge is 2.25. The largest absolute Gasteiger partial charge is 0.508 e. The zero-order valence-electron chi connectivity index (χ0n) is 13.8. The zero-order chi connectivity index (χ0) is 16.8. The molecule has 0 aromatic heterocycles. The van der Waals surface area contributed by atoms with Crippen LogP contribution in [0.1, 0.15) is 24.0 Å². The number of nitrogens with zero attached hydrogens (tertiary/aromatic N) is 1. The number of phenolic OH excluding ortho intramolecular Hbond substituents is 1. The molecule has 1 fully saturated rings. The molecule has 126 valence electrons. The summed E-state index contributed by atoms with van der Waals surface area (Å²) in [5.74, 6) is 0.527.